The van der Waals surface area contributed by atoms with E-state index in [1.54, 1.807) is 0 Å². The van der Waals surface area contributed by atoms with Gasteiger partial charge >= 0.3 is 18.3 Å². The highest BCUT2D eigenvalue weighted by Gasteiger charge is 2.46. The molecule has 0 radical (unpaired) electrons. The zero-order chi connectivity index (χ0) is 16.3. The zero-order valence-electron chi connectivity index (χ0n) is 10.5. The van der Waals surface area contributed by atoms with Crippen LogP contribution < -0.4 is 4.74 Å². The Morgan fingerprint density at radius 2 is 1.90 bits per heavy atom. The number of benzene rings is 1. The molecule has 0 bridgehead atoms. The number of nitriles is 1. The van der Waals surface area contributed by atoms with E-state index < -0.39 is 29.6 Å². The molecule has 0 aliphatic carbocycles. The van der Waals surface area contributed by atoms with Crippen LogP contribution in [-0.4, -0.2) is 18.9 Å². The molecule has 1 aromatic rings. The van der Waals surface area contributed by atoms with Gasteiger partial charge in [0.1, 0.15) is 5.75 Å². The molecular formula is C12H8F5NO3. The third kappa shape index (κ3) is 4.05. The van der Waals surface area contributed by atoms with Crippen LogP contribution >= 0.6 is 0 Å². The largest absolute Gasteiger partial charge is 0.573 e. The molecule has 0 unspecified atom stereocenters. The molecule has 0 saturated carbocycles. The van der Waals surface area contributed by atoms with E-state index >= 15 is 0 Å². The van der Waals surface area contributed by atoms with Crippen molar-refractivity contribution >= 4 is 5.97 Å². The van der Waals surface area contributed by atoms with Crippen molar-refractivity contribution < 1.29 is 36.2 Å². The maximum Gasteiger partial charge on any atom is 0.573 e. The summed E-state index contributed by atoms with van der Waals surface area (Å²) in [4.78, 5) is 11.2. The van der Waals surface area contributed by atoms with Gasteiger partial charge in [-0.3, -0.25) is 0 Å². The number of alkyl halides is 5. The Hall–Kier alpha value is -2.37. The summed E-state index contributed by atoms with van der Waals surface area (Å²) in [6.07, 6.45) is -5.26. The highest BCUT2D eigenvalue weighted by atomic mass is 19.4. The fourth-order valence-electron chi connectivity index (χ4n) is 1.39. The van der Waals surface area contributed by atoms with Gasteiger partial charge in [-0.25, -0.2) is 4.79 Å². The standard InChI is InChI=1S/C12H8F5NO3/c1-2-20-10(19)11(13,14)8-4-3-7(6-18)5-9(8)21-12(15,16)17/h3-5H,2H2,1H3. The highest BCUT2D eigenvalue weighted by Crippen LogP contribution is 2.38. The van der Waals surface area contributed by atoms with Gasteiger partial charge in [0, 0.05) is 0 Å². The first-order valence-corrected chi connectivity index (χ1v) is 5.47. The van der Waals surface area contributed by atoms with Crippen LogP contribution in [0.3, 0.4) is 0 Å². The molecule has 0 atom stereocenters. The molecule has 1 aromatic carbocycles. The number of rotatable bonds is 4. The molecule has 0 aromatic heterocycles. The fourth-order valence-corrected chi connectivity index (χ4v) is 1.39. The van der Waals surface area contributed by atoms with Crippen molar-refractivity contribution in [2.24, 2.45) is 0 Å². The van der Waals surface area contributed by atoms with Gasteiger partial charge in [-0.05, 0) is 25.1 Å². The van der Waals surface area contributed by atoms with Crippen LogP contribution in [0.4, 0.5) is 22.0 Å². The van der Waals surface area contributed by atoms with Crippen LogP contribution in [0.1, 0.15) is 18.1 Å². The lowest BCUT2D eigenvalue weighted by Crippen LogP contribution is -2.30. The Balaban J connectivity index is 3.34. The molecule has 0 aliphatic rings. The third-order valence-corrected chi connectivity index (χ3v) is 2.21. The van der Waals surface area contributed by atoms with Crippen LogP contribution in [0.25, 0.3) is 0 Å². The first kappa shape index (κ1) is 16.7. The maximum atomic E-state index is 13.8. The topological polar surface area (TPSA) is 59.3 Å². The van der Waals surface area contributed by atoms with E-state index in [0.29, 0.717) is 12.1 Å². The summed E-state index contributed by atoms with van der Waals surface area (Å²) in [5.41, 5.74) is -1.67. The van der Waals surface area contributed by atoms with Crippen molar-refractivity contribution in [1.29, 1.82) is 5.26 Å². The van der Waals surface area contributed by atoms with Crippen LogP contribution in [0.5, 0.6) is 5.75 Å². The number of halogens is 5. The molecule has 0 spiro atoms. The van der Waals surface area contributed by atoms with Crippen molar-refractivity contribution in [2.45, 2.75) is 19.2 Å². The molecule has 0 N–H and O–H groups in total. The van der Waals surface area contributed by atoms with Crippen molar-refractivity contribution in [1.82, 2.24) is 0 Å². The number of carbonyl (C=O) groups excluding carboxylic acids is 1. The number of nitrogens with zero attached hydrogens (tertiary/aromatic N) is 1. The smallest absolute Gasteiger partial charge is 0.461 e. The lowest BCUT2D eigenvalue weighted by molar-refractivity contribution is -0.275. The van der Waals surface area contributed by atoms with Crippen LogP contribution in [0.2, 0.25) is 0 Å². The number of esters is 1. The zero-order valence-corrected chi connectivity index (χ0v) is 10.5. The van der Waals surface area contributed by atoms with Crippen LogP contribution in [-0.2, 0) is 15.5 Å². The Morgan fingerprint density at radius 3 is 2.38 bits per heavy atom. The lowest BCUT2D eigenvalue weighted by atomic mass is 10.0. The van der Waals surface area contributed by atoms with Gasteiger partial charge in [0.2, 0.25) is 0 Å². The minimum absolute atomic E-state index is 0.336. The predicted molar refractivity (Wildman–Crippen MR) is 58.4 cm³/mol. The second-order valence-corrected chi connectivity index (χ2v) is 3.67. The van der Waals surface area contributed by atoms with Gasteiger partial charge in [-0.2, -0.15) is 14.0 Å². The minimum Gasteiger partial charge on any atom is -0.461 e. The van der Waals surface area contributed by atoms with E-state index in [-0.39, 0.29) is 12.2 Å². The second-order valence-electron chi connectivity index (χ2n) is 3.67. The first-order valence-electron chi connectivity index (χ1n) is 5.47. The fraction of sp³-hybridized carbons (Fsp3) is 0.333. The quantitative estimate of drug-likeness (QED) is 0.633. The maximum absolute atomic E-state index is 13.8. The van der Waals surface area contributed by atoms with E-state index in [1.165, 1.54) is 13.0 Å². The Kier molecular flexibility index (Phi) is 4.73. The number of hydrogen-bond donors (Lipinski definition) is 0. The first-order chi connectivity index (χ1) is 9.61. The predicted octanol–water partition coefficient (Wildman–Crippen LogP) is 3.11. The summed E-state index contributed by atoms with van der Waals surface area (Å²) >= 11 is 0. The normalized spacial score (nSPS) is 11.7. The van der Waals surface area contributed by atoms with Crippen LogP contribution in [0.15, 0.2) is 18.2 Å². The average Bonchev–Trinajstić information content (AvgIpc) is 2.36. The lowest BCUT2D eigenvalue weighted by Gasteiger charge is -2.19. The molecule has 114 valence electrons. The summed E-state index contributed by atoms with van der Waals surface area (Å²) in [5.74, 6) is -7.69. The summed E-state index contributed by atoms with van der Waals surface area (Å²) in [6.45, 7) is 0.889. The van der Waals surface area contributed by atoms with E-state index in [9.17, 15) is 26.7 Å². The Morgan fingerprint density at radius 1 is 1.29 bits per heavy atom. The Bertz CT molecular complexity index is 577. The molecule has 4 nitrogen and oxygen atoms in total. The third-order valence-electron chi connectivity index (χ3n) is 2.21. The van der Waals surface area contributed by atoms with Gasteiger partial charge < -0.3 is 9.47 Å². The highest BCUT2D eigenvalue weighted by molar-refractivity contribution is 5.80. The second kappa shape index (κ2) is 5.95. The number of hydrogen-bond acceptors (Lipinski definition) is 4. The van der Waals surface area contributed by atoms with Gasteiger partial charge in [-0.15, -0.1) is 13.2 Å². The summed E-state index contributed by atoms with van der Waals surface area (Å²) in [6, 6.07) is 3.30. The molecule has 0 fully saturated rings. The van der Waals surface area contributed by atoms with Gasteiger partial charge in [0.15, 0.2) is 0 Å². The summed E-state index contributed by atoms with van der Waals surface area (Å²) < 4.78 is 71.9. The number of carbonyl (C=O) groups is 1. The molecule has 9 heteroatoms. The van der Waals surface area contributed by atoms with E-state index in [4.69, 9.17) is 5.26 Å². The molecule has 0 aliphatic heterocycles. The molecule has 1 rings (SSSR count). The summed E-state index contributed by atoms with van der Waals surface area (Å²) in [5, 5.41) is 8.58. The summed E-state index contributed by atoms with van der Waals surface area (Å²) in [7, 11) is 0. The Labute approximate surface area is 115 Å². The SMILES string of the molecule is CCOC(=O)C(F)(F)c1ccc(C#N)cc1OC(F)(F)F. The van der Waals surface area contributed by atoms with Gasteiger partial charge in [-0.1, -0.05) is 0 Å². The molecule has 21 heavy (non-hydrogen) atoms. The van der Waals surface area contributed by atoms with Crippen LogP contribution in [0, 0.1) is 11.3 Å². The van der Waals surface area contributed by atoms with Gasteiger partial charge in [0.05, 0.1) is 23.8 Å². The molecular weight excluding hydrogens is 301 g/mol. The van der Waals surface area contributed by atoms with Gasteiger partial charge in [0.25, 0.3) is 0 Å². The van der Waals surface area contributed by atoms with E-state index in [0.717, 1.165) is 6.07 Å². The van der Waals surface area contributed by atoms with Crippen molar-refractivity contribution in [3.8, 4) is 11.8 Å². The van der Waals surface area contributed by atoms with E-state index in [2.05, 4.69) is 9.47 Å². The molecule has 0 saturated heterocycles. The number of ether oxygens (including phenoxy) is 2. The minimum atomic E-state index is -5.26. The van der Waals surface area contributed by atoms with Crippen molar-refractivity contribution in [2.75, 3.05) is 6.61 Å². The average molecular weight is 309 g/mol. The molecule has 0 heterocycles. The monoisotopic (exact) mass is 309 g/mol. The van der Waals surface area contributed by atoms with E-state index in [1.807, 2.05) is 0 Å². The molecule has 0 amide bonds. The van der Waals surface area contributed by atoms with Crippen molar-refractivity contribution in [3.63, 3.8) is 0 Å². The van der Waals surface area contributed by atoms with Crippen molar-refractivity contribution in [3.05, 3.63) is 29.3 Å².